The van der Waals surface area contributed by atoms with E-state index in [2.05, 4.69) is 23.0 Å². The summed E-state index contributed by atoms with van der Waals surface area (Å²) in [6.07, 6.45) is 6.45. The largest absolute Gasteiger partial charge is 0.490 e. The molecule has 0 aliphatic carbocycles. The molecule has 0 saturated carbocycles. The highest BCUT2D eigenvalue weighted by atomic mass is 16.5. The van der Waals surface area contributed by atoms with E-state index < -0.39 is 0 Å². The summed E-state index contributed by atoms with van der Waals surface area (Å²) in [5, 5.41) is 0. The summed E-state index contributed by atoms with van der Waals surface area (Å²) < 4.78 is 6.00. The van der Waals surface area contributed by atoms with Crippen LogP contribution in [0.2, 0.25) is 0 Å². The highest BCUT2D eigenvalue weighted by molar-refractivity contribution is 5.92. The molecule has 0 bridgehead atoms. The predicted octanol–water partition coefficient (Wildman–Crippen LogP) is 2.47. The van der Waals surface area contributed by atoms with Crippen LogP contribution in [0.1, 0.15) is 28.9 Å². The Balaban J connectivity index is 1.55. The number of piperidine rings is 1. The lowest BCUT2D eigenvalue weighted by molar-refractivity contribution is 0.0589. The topological polar surface area (TPSA) is 55.3 Å². The summed E-state index contributed by atoms with van der Waals surface area (Å²) in [7, 11) is 0. The van der Waals surface area contributed by atoms with Crippen molar-refractivity contribution in [1.29, 1.82) is 0 Å². The van der Waals surface area contributed by atoms with Gasteiger partial charge in [-0.1, -0.05) is 12.1 Å². The van der Waals surface area contributed by atoms with Gasteiger partial charge in [0.1, 0.15) is 17.5 Å². The third-order valence-corrected chi connectivity index (χ3v) is 3.80. The molecule has 5 heteroatoms. The van der Waals surface area contributed by atoms with Gasteiger partial charge in [0.15, 0.2) is 0 Å². The summed E-state index contributed by atoms with van der Waals surface area (Å²) in [5.41, 5.74) is 1.59. The van der Waals surface area contributed by atoms with Gasteiger partial charge in [0.2, 0.25) is 0 Å². The molecule has 0 atom stereocenters. The maximum atomic E-state index is 12.3. The van der Waals surface area contributed by atoms with E-state index in [1.54, 1.807) is 12.4 Å². The minimum Gasteiger partial charge on any atom is -0.490 e. The molecule has 5 nitrogen and oxygen atoms in total. The Labute approximate surface area is 130 Å². The van der Waals surface area contributed by atoms with E-state index in [1.807, 2.05) is 23.1 Å². The Hall–Kier alpha value is -2.43. The second-order valence-electron chi connectivity index (χ2n) is 5.52. The van der Waals surface area contributed by atoms with E-state index in [9.17, 15) is 4.79 Å². The fraction of sp³-hybridized carbons (Fsp3) is 0.353. The second-order valence-corrected chi connectivity index (χ2v) is 5.52. The first-order valence-corrected chi connectivity index (χ1v) is 7.51. The van der Waals surface area contributed by atoms with Crippen LogP contribution >= 0.6 is 0 Å². The lowest BCUT2D eigenvalue weighted by Crippen LogP contribution is -2.42. The predicted molar refractivity (Wildman–Crippen MR) is 82.8 cm³/mol. The van der Waals surface area contributed by atoms with Crippen molar-refractivity contribution in [2.45, 2.75) is 25.9 Å². The Kier molecular flexibility index (Phi) is 4.32. The number of aryl methyl sites for hydroxylation is 1. The molecule has 3 rings (SSSR count). The van der Waals surface area contributed by atoms with E-state index in [-0.39, 0.29) is 12.0 Å². The molecule has 114 valence electrons. The standard InChI is InChI=1S/C17H19N3O2/c1-13-3-2-4-15(11-13)22-14-5-9-20(10-6-14)17(21)16-12-18-7-8-19-16/h2-4,7-8,11-12,14H,5-6,9-10H2,1H3. The van der Waals surface area contributed by atoms with Crippen LogP contribution in [0.25, 0.3) is 0 Å². The van der Waals surface area contributed by atoms with Crippen LogP contribution in [0.3, 0.4) is 0 Å². The lowest BCUT2D eigenvalue weighted by atomic mass is 10.1. The van der Waals surface area contributed by atoms with Crippen LogP contribution in [0, 0.1) is 6.92 Å². The number of hydrogen-bond donors (Lipinski definition) is 0. The molecule has 1 aliphatic rings. The quantitative estimate of drug-likeness (QED) is 0.873. The van der Waals surface area contributed by atoms with Gasteiger partial charge in [0.05, 0.1) is 6.20 Å². The third-order valence-electron chi connectivity index (χ3n) is 3.80. The summed E-state index contributed by atoms with van der Waals surface area (Å²) in [5.74, 6) is 0.848. The van der Waals surface area contributed by atoms with E-state index in [0.29, 0.717) is 18.8 Å². The molecule has 2 heterocycles. The number of amides is 1. The number of ether oxygens (including phenoxy) is 1. The van der Waals surface area contributed by atoms with Gasteiger partial charge < -0.3 is 9.64 Å². The van der Waals surface area contributed by atoms with Crippen molar-refractivity contribution in [3.63, 3.8) is 0 Å². The maximum absolute atomic E-state index is 12.3. The molecule has 1 saturated heterocycles. The van der Waals surface area contributed by atoms with E-state index in [1.165, 1.54) is 11.8 Å². The van der Waals surface area contributed by atoms with Crippen molar-refractivity contribution < 1.29 is 9.53 Å². The van der Waals surface area contributed by atoms with Gasteiger partial charge in [-0.05, 0) is 24.6 Å². The molecular formula is C17H19N3O2. The van der Waals surface area contributed by atoms with Gasteiger partial charge in [-0.3, -0.25) is 9.78 Å². The van der Waals surface area contributed by atoms with Gasteiger partial charge >= 0.3 is 0 Å². The van der Waals surface area contributed by atoms with Crippen molar-refractivity contribution in [2.75, 3.05) is 13.1 Å². The van der Waals surface area contributed by atoms with Crippen LogP contribution in [0.15, 0.2) is 42.9 Å². The van der Waals surface area contributed by atoms with Gasteiger partial charge in [-0.15, -0.1) is 0 Å². The molecule has 1 fully saturated rings. The normalized spacial score (nSPS) is 15.6. The molecule has 0 radical (unpaired) electrons. The van der Waals surface area contributed by atoms with E-state index in [0.717, 1.165) is 18.6 Å². The Morgan fingerprint density at radius 3 is 2.77 bits per heavy atom. The maximum Gasteiger partial charge on any atom is 0.274 e. The minimum absolute atomic E-state index is 0.0536. The average Bonchev–Trinajstić information content (AvgIpc) is 2.56. The minimum atomic E-state index is -0.0536. The lowest BCUT2D eigenvalue weighted by Gasteiger charge is -2.32. The van der Waals surface area contributed by atoms with Crippen LogP contribution < -0.4 is 4.74 Å². The van der Waals surface area contributed by atoms with Crippen molar-refractivity contribution in [3.05, 3.63) is 54.1 Å². The highest BCUT2D eigenvalue weighted by Gasteiger charge is 2.25. The molecule has 0 N–H and O–H groups in total. The summed E-state index contributed by atoms with van der Waals surface area (Å²) in [6.45, 7) is 3.42. The molecule has 22 heavy (non-hydrogen) atoms. The first kappa shape index (κ1) is 14.5. The second kappa shape index (κ2) is 6.56. The smallest absolute Gasteiger partial charge is 0.274 e. The zero-order valence-corrected chi connectivity index (χ0v) is 12.6. The van der Waals surface area contributed by atoms with Crippen LogP contribution in [-0.4, -0.2) is 40.0 Å². The summed E-state index contributed by atoms with van der Waals surface area (Å²) in [4.78, 5) is 22.1. The first-order valence-electron chi connectivity index (χ1n) is 7.51. The number of carbonyl (C=O) groups excluding carboxylic acids is 1. The number of carbonyl (C=O) groups is 1. The SMILES string of the molecule is Cc1cccc(OC2CCN(C(=O)c3cnccn3)CC2)c1. The van der Waals surface area contributed by atoms with Crippen LogP contribution in [0.5, 0.6) is 5.75 Å². The Morgan fingerprint density at radius 2 is 2.09 bits per heavy atom. The van der Waals surface area contributed by atoms with Gasteiger partial charge in [0, 0.05) is 38.3 Å². The summed E-state index contributed by atoms with van der Waals surface area (Å²) >= 11 is 0. The average molecular weight is 297 g/mol. The fourth-order valence-corrected chi connectivity index (χ4v) is 2.63. The van der Waals surface area contributed by atoms with Crippen molar-refractivity contribution in [2.24, 2.45) is 0 Å². The Morgan fingerprint density at radius 1 is 1.27 bits per heavy atom. The molecule has 1 aromatic heterocycles. The molecular weight excluding hydrogens is 278 g/mol. The number of nitrogens with zero attached hydrogens (tertiary/aromatic N) is 3. The zero-order valence-electron chi connectivity index (χ0n) is 12.6. The zero-order chi connectivity index (χ0) is 15.4. The third kappa shape index (κ3) is 3.42. The number of aromatic nitrogens is 2. The number of likely N-dealkylation sites (tertiary alicyclic amines) is 1. The van der Waals surface area contributed by atoms with Crippen molar-refractivity contribution >= 4 is 5.91 Å². The van der Waals surface area contributed by atoms with Crippen LogP contribution in [0.4, 0.5) is 0 Å². The van der Waals surface area contributed by atoms with Crippen molar-refractivity contribution in [3.8, 4) is 5.75 Å². The first-order chi connectivity index (χ1) is 10.7. The number of rotatable bonds is 3. The molecule has 2 aromatic rings. The van der Waals surface area contributed by atoms with E-state index in [4.69, 9.17) is 4.74 Å². The monoisotopic (exact) mass is 297 g/mol. The molecule has 1 aromatic carbocycles. The van der Waals surface area contributed by atoms with Gasteiger partial charge in [-0.2, -0.15) is 0 Å². The summed E-state index contributed by atoms with van der Waals surface area (Å²) in [6, 6.07) is 8.06. The highest BCUT2D eigenvalue weighted by Crippen LogP contribution is 2.20. The molecule has 0 unspecified atom stereocenters. The molecule has 0 spiro atoms. The van der Waals surface area contributed by atoms with Gasteiger partial charge in [0.25, 0.3) is 5.91 Å². The number of hydrogen-bond acceptors (Lipinski definition) is 4. The van der Waals surface area contributed by atoms with Gasteiger partial charge in [-0.25, -0.2) is 4.98 Å². The van der Waals surface area contributed by atoms with E-state index >= 15 is 0 Å². The molecule has 1 aliphatic heterocycles. The molecule has 1 amide bonds. The van der Waals surface area contributed by atoms with Crippen LogP contribution in [-0.2, 0) is 0 Å². The fourth-order valence-electron chi connectivity index (χ4n) is 2.63. The van der Waals surface area contributed by atoms with Crippen molar-refractivity contribution in [1.82, 2.24) is 14.9 Å². The Bertz CT molecular complexity index is 637. The number of benzene rings is 1.